The van der Waals surface area contributed by atoms with Crippen molar-refractivity contribution in [3.05, 3.63) is 52.2 Å². The lowest BCUT2D eigenvalue weighted by atomic mass is 10.0. The van der Waals surface area contributed by atoms with Crippen LogP contribution in [0.15, 0.2) is 45.6 Å². The Morgan fingerprint density at radius 1 is 1.00 bits per heavy atom. The third-order valence-corrected chi connectivity index (χ3v) is 3.44. The molecule has 0 spiro atoms. The Kier molecular flexibility index (Phi) is 3.29. The molecule has 0 aliphatic carbocycles. The standard InChI is InChI=1S/C17H12O6/c1-8(18)14-16(22)15-12(21)6-11(20)7-13(15)23-17(14)9-2-4-10(19)5-3-9/h2-7,19-21H,1H3. The van der Waals surface area contributed by atoms with Crippen molar-refractivity contribution >= 4 is 16.8 Å². The molecule has 0 saturated carbocycles. The van der Waals surface area contributed by atoms with Gasteiger partial charge in [0, 0.05) is 17.7 Å². The van der Waals surface area contributed by atoms with Gasteiger partial charge in [0.05, 0.1) is 0 Å². The van der Waals surface area contributed by atoms with Gasteiger partial charge in [0.2, 0.25) is 5.43 Å². The quantitative estimate of drug-likeness (QED) is 0.628. The summed E-state index contributed by atoms with van der Waals surface area (Å²) in [5, 5.41) is 28.6. The van der Waals surface area contributed by atoms with Crippen LogP contribution in [-0.2, 0) is 0 Å². The molecular weight excluding hydrogens is 300 g/mol. The molecule has 116 valence electrons. The highest BCUT2D eigenvalue weighted by molar-refractivity contribution is 6.03. The number of phenols is 3. The fraction of sp³-hybridized carbons (Fsp3) is 0.0588. The van der Waals surface area contributed by atoms with Gasteiger partial charge in [-0.3, -0.25) is 9.59 Å². The molecule has 0 fully saturated rings. The van der Waals surface area contributed by atoms with E-state index in [2.05, 4.69) is 0 Å². The maximum Gasteiger partial charge on any atom is 0.207 e. The van der Waals surface area contributed by atoms with Crippen LogP contribution in [0.3, 0.4) is 0 Å². The minimum atomic E-state index is -0.681. The number of rotatable bonds is 2. The maximum atomic E-state index is 12.6. The Hall–Kier alpha value is -3.28. The molecule has 2 aromatic carbocycles. The molecule has 0 saturated heterocycles. The number of ketones is 1. The topological polar surface area (TPSA) is 108 Å². The van der Waals surface area contributed by atoms with E-state index in [1.807, 2.05) is 0 Å². The molecule has 6 heteroatoms. The van der Waals surface area contributed by atoms with E-state index in [0.717, 1.165) is 6.07 Å². The molecule has 6 nitrogen and oxygen atoms in total. The second kappa shape index (κ2) is 5.17. The van der Waals surface area contributed by atoms with Crippen molar-refractivity contribution in [1.29, 1.82) is 0 Å². The summed E-state index contributed by atoms with van der Waals surface area (Å²) in [5.41, 5.74) is -0.515. The summed E-state index contributed by atoms with van der Waals surface area (Å²) < 4.78 is 5.60. The van der Waals surface area contributed by atoms with E-state index in [1.165, 1.54) is 37.3 Å². The van der Waals surface area contributed by atoms with Gasteiger partial charge in [0.15, 0.2) is 5.78 Å². The van der Waals surface area contributed by atoms with Crippen LogP contribution in [0.1, 0.15) is 17.3 Å². The summed E-state index contributed by atoms with van der Waals surface area (Å²) in [6.45, 7) is 1.22. The number of hydrogen-bond donors (Lipinski definition) is 3. The Labute approximate surface area is 129 Å². The third kappa shape index (κ3) is 2.40. The van der Waals surface area contributed by atoms with Crippen LogP contribution in [0.25, 0.3) is 22.3 Å². The minimum Gasteiger partial charge on any atom is -0.508 e. The van der Waals surface area contributed by atoms with Crippen LogP contribution >= 0.6 is 0 Å². The lowest BCUT2D eigenvalue weighted by Crippen LogP contribution is -2.15. The van der Waals surface area contributed by atoms with E-state index in [-0.39, 0.29) is 33.8 Å². The molecule has 3 N–H and O–H groups in total. The average molecular weight is 312 g/mol. The van der Waals surface area contributed by atoms with Gasteiger partial charge in [-0.25, -0.2) is 0 Å². The summed E-state index contributed by atoms with van der Waals surface area (Å²) in [6, 6.07) is 7.96. The van der Waals surface area contributed by atoms with E-state index in [1.54, 1.807) is 0 Å². The number of aromatic hydroxyl groups is 3. The Morgan fingerprint density at radius 3 is 2.26 bits per heavy atom. The Morgan fingerprint density at radius 2 is 1.65 bits per heavy atom. The van der Waals surface area contributed by atoms with E-state index in [9.17, 15) is 24.9 Å². The predicted octanol–water partition coefficient (Wildman–Crippen LogP) is 2.78. The Bertz CT molecular complexity index is 983. The molecule has 1 aromatic heterocycles. The summed E-state index contributed by atoms with van der Waals surface area (Å²) in [4.78, 5) is 24.5. The second-order valence-electron chi connectivity index (χ2n) is 5.08. The molecule has 0 radical (unpaired) electrons. The maximum absolute atomic E-state index is 12.6. The minimum absolute atomic E-state index is 0.0139. The number of benzene rings is 2. The van der Waals surface area contributed by atoms with Gasteiger partial charge in [-0.15, -0.1) is 0 Å². The zero-order chi connectivity index (χ0) is 16.7. The predicted molar refractivity (Wildman–Crippen MR) is 82.9 cm³/mol. The van der Waals surface area contributed by atoms with Gasteiger partial charge in [-0.05, 0) is 31.2 Å². The first-order chi connectivity index (χ1) is 10.9. The Balaban J connectivity index is 2.46. The highest BCUT2D eigenvalue weighted by Gasteiger charge is 2.21. The number of carbonyl (C=O) groups is 1. The first-order valence-electron chi connectivity index (χ1n) is 6.71. The molecule has 0 amide bonds. The van der Waals surface area contributed by atoms with E-state index < -0.39 is 17.0 Å². The molecular formula is C17H12O6. The number of fused-ring (bicyclic) bond motifs is 1. The fourth-order valence-corrected chi connectivity index (χ4v) is 2.42. The molecule has 23 heavy (non-hydrogen) atoms. The zero-order valence-electron chi connectivity index (χ0n) is 12.0. The van der Waals surface area contributed by atoms with Crippen LogP contribution in [-0.4, -0.2) is 21.1 Å². The molecule has 0 unspecified atom stereocenters. The molecule has 0 atom stereocenters. The van der Waals surface area contributed by atoms with Crippen LogP contribution < -0.4 is 5.43 Å². The molecule has 3 rings (SSSR count). The van der Waals surface area contributed by atoms with Gasteiger partial charge in [-0.2, -0.15) is 0 Å². The van der Waals surface area contributed by atoms with Crippen molar-refractivity contribution < 1.29 is 24.5 Å². The van der Waals surface area contributed by atoms with Gasteiger partial charge in [0.1, 0.15) is 39.5 Å². The summed E-state index contributed by atoms with van der Waals surface area (Å²) in [6.07, 6.45) is 0. The highest BCUT2D eigenvalue weighted by Crippen LogP contribution is 2.33. The fourth-order valence-electron chi connectivity index (χ4n) is 2.42. The summed E-state index contributed by atoms with van der Waals surface area (Å²) in [7, 11) is 0. The first-order valence-corrected chi connectivity index (χ1v) is 6.71. The normalized spacial score (nSPS) is 10.8. The average Bonchev–Trinajstić information content (AvgIpc) is 2.46. The van der Waals surface area contributed by atoms with Crippen molar-refractivity contribution in [3.8, 4) is 28.6 Å². The van der Waals surface area contributed by atoms with Crippen LogP contribution in [0, 0.1) is 0 Å². The van der Waals surface area contributed by atoms with E-state index in [4.69, 9.17) is 4.42 Å². The highest BCUT2D eigenvalue weighted by atomic mass is 16.3. The molecule has 0 aliphatic heterocycles. The van der Waals surface area contributed by atoms with Crippen LogP contribution in [0.2, 0.25) is 0 Å². The number of phenolic OH excluding ortho intramolecular Hbond substituents is 3. The van der Waals surface area contributed by atoms with Gasteiger partial charge >= 0.3 is 0 Å². The van der Waals surface area contributed by atoms with E-state index in [0.29, 0.717) is 5.56 Å². The van der Waals surface area contributed by atoms with Crippen molar-refractivity contribution in [1.82, 2.24) is 0 Å². The zero-order valence-corrected chi connectivity index (χ0v) is 12.0. The molecule has 0 aliphatic rings. The molecule has 1 heterocycles. The smallest absolute Gasteiger partial charge is 0.207 e. The van der Waals surface area contributed by atoms with Crippen molar-refractivity contribution in [2.45, 2.75) is 6.92 Å². The number of hydrogen-bond acceptors (Lipinski definition) is 6. The monoisotopic (exact) mass is 312 g/mol. The van der Waals surface area contributed by atoms with Crippen molar-refractivity contribution in [3.63, 3.8) is 0 Å². The van der Waals surface area contributed by atoms with Crippen molar-refractivity contribution in [2.24, 2.45) is 0 Å². The van der Waals surface area contributed by atoms with E-state index >= 15 is 0 Å². The van der Waals surface area contributed by atoms with Gasteiger partial charge in [-0.1, -0.05) is 0 Å². The first kappa shape index (κ1) is 14.6. The SMILES string of the molecule is CC(=O)c1c(-c2ccc(O)cc2)oc2cc(O)cc(O)c2c1=O. The van der Waals surface area contributed by atoms with Gasteiger partial charge < -0.3 is 19.7 Å². The third-order valence-electron chi connectivity index (χ3n) is 3.44. The van der Waals surface area contributed by atoms with Crippen molar-refractivity contribution in [2.75, 3.05) is 0 Å². The summed E-state index contributed by atoms with van der Waals surface area (Å²) in [5.74, 6) is -1.22. The largest absolute Gasteiger partial charge is 0.508 e. The lowest BCUT2D eigenvalue weighted by molar-refractivity contribution is 0.101. The molecule has 3 aromatic rings. The summed E-state index contributed by atoms with van der Waals surface area (Å²) >= 11 is 0. The number of carbonyl (C=O) groups excluding carboxylic acids is 1. The van der Waals surface area contributed by atoms with Crippen LogP contribution in [0.4, 0.5) is 0 Å². The number of Topliss-reactive ketones (excluding diaryl/α,β-unsaturated/α-hetero) is 1. The lowest BCUT2D eigenvalue weighted by Gasteiger charge is -2.09. The van der Waals surface area contributed by atoms with Crippen LogP contribution in [0.5, 0.6) is 17.2 Å². The second-order valence-corrected chi connectivity index (χ2v) is 5.08. The van der Waals surface area contributed by atoms with Gasteiger partial charge in [0.25, 0.3) is 0 Å². The molecule has 0 bridgehead atoms.